The second-order valence-electron chi connectivity index (χ2n) is 9.76. The second kappa shape index (κ2) is 17.9. The zero-order valence-electron chi connectivity index (χ0n) is 24.5. The van der Waals surface area contributed by atoms with E-state index in [1.807, 2.05) is 66.8 Å². The minimum absolute atomic E-state index is 0.0501. The van der Waals surface area contributed by atoms with Crippen molar-refractivity contribution >= 4 is 82.3 Å². The molecule has 3 amide bonds. The Balaban J connectivity index is 2.09. The predicted molar refractivity (Wildman–Crippen MR) is 178 cm³/mol. The van der Waals surface area contributed by atoms with Gasteiger partial charge in [0.15, 0.2) is 0 Å². The fourth-order valence-electron chi connectivity index (χ4n) is 3.83. The van der Waals surface area contributed by atoms with Crippen molar-refractivity contribution in [1.29, 1.82) is 0 Å². The van der Waals surface area contributed by atoms with Gasteiger partial charge in [0.05, 0.1) is 18.4 Å². The molecule has 0 aliphatic heterocycles. The number of nitrogens with one attached hydrogen (secondary N) is 3. The van der Waals surface area contributed by atoms with E-state index in [4.69, 9.17) is 18.5 Å². The Bertz CT molecular complexity index is 1320. The fraction of sp³-hybridized carbons (Fsp3) is 0.429. The van der Waals surface area contributed by atoms with Crippen LogP contribution in [-0.2, 0) is 44.1 Å². The number of carbonyl (C=O) groups excluding carboxylic acids is 4. The van der Waals surface area contributed by atoms with Gasteiger partial charge in [0.25, 0.3) is 0 Å². The zero-order valence-corrected chi connectivity index (χ0v) is 29.7. The molecule has 2 unspecified atom stereocenters. The number of rotatable bonds is 15. The molecule has 0 aromatic heterocycles. The Labute approximate surface area is 278 Å². The summed E-state index contributed by atoms with van der Waals surface area (Å²) in [6.45, 7) is 4.71. The highest BCUT2D eigenvalue weighted by Gasteiger charge is 2.32. The summed E-state index contributed by atoms with van der Waals surface area (Å²) in [5, 5.41) is 7.89. The quantitative estimate of drug-likeness (QED) is 0.122. The van der Waals surface area contributed by atoms with E-state index in [0.717, 1.165) is 5.56 Å². The van der Waals surface area contributed by atoms with Crippen LogP contribution in [0.5, 0.6) is 0 Å². The van der Waals surface area contributed by atoms with E-state index in [2.05, 4.69) is 38.5 Å². The first-order chi connectivity index (χ1) is 20.3. The molecule has 15 heteroatoms. The Hall–Kier alpha value is -2.27. The molecule has 236 valence electrons. The molecule has 2 rings (SSSR count). The highest BCUT2D eigenvalue weighted by molar-refractivity contribution is 14.1. The Kier molecular flexibility index (Phi) is 15.4. The van der Waals surface area contributed by atoms with Crippen LogP contribution in [0.25, 0.3) is 0 Å². The van der Waals surface area contributed by atoms with Crippen molar-refractivity contribution in [2.45, 2.75) is 45.9 Å². The number of esters is 1. The van der Waals surface area contributed by atoms with Gasteiger partial charge >= 0.3 is 19.7 Å². The molecule has 2 atom stereocenters. The maximum atomic E-state index is 12.9. The molecule has 43 heavy (non-hydrogen) atoms. The number of amides is 3. The Morgan fingerprint density at radius 1 is 0.977 bits per heavy atom. The molecule has 12 nitrogen and oxygen atoms in total. The van der Waals surface area contributed by atoms with Crippen molar-refractivity contribution in [3.63, 3.8) is 0 Å². The summed E-state index contributed by atoms with van der Waals surface area (Å²) in [6, 6.07) is 11.6. The summed E-state index contributed by atoms with van der Waals surface area (Å²) in [4.78, 5) is 50.0. The van der Waals surface area contributed by atoms with E-state index in [-0.39, 0.29) is 25.2 Å². The number of ether oxygens (including phenoxy) is 2. The Morgan fingerprint density at radius 3 is 2.21 bits per heavy atom. The van der Waals surface area contributed by atoms with Crippen LogP contribution in [0.15, 0.2) is 42.5 Å². The molecule has 0 aliphatic rings. The third-order valence-electron chi connectivity index (χ3n) is 5.91. The number of hydrogen-bond donors (Lipinski definition) is 3. The van der Waals surface area contributed by atoms with Crippen LogP contribution in [0.2, 0.25) is 0 Å². The van der Waals surface area contributed by atoms with E-state index in [9.17, 15) is 23.7 Å². The maximum Gasteiger partial charge on any atom is 0.408 e. The lowest BCUT2D eigenvalue weighted by atomic mass is 10.0. The minimum atomic E-state index is -3.56. The molecule has 0 radical (unpaired) electrons. The van der Waals surface area contributed by atoms with Gasteiger partial charge in [0.1, 0.15) is 18.8 Å². The average molecular weight is 843 g/mol. The van der Waals surface area contributed by atoms with Gasteiger partial charge in [-0.1, -0.05) is 44.2 Å². The SMILES string of the molecule is COP(=O)(CC(OC(C)=O)c1cc(NC(=O)CNC(=O)C(CC(C)C)NC(=O)OCc2ccccc2)c(I)cc1I)OC. The van der Waals surface area contributed by atoms with E-state index in [0.29, 0.717) is 24.8 Å². The van der Waals surface area contributed by atoms with Gasteiger partial charge < -0.3 is 34.5 Å². The normalized spacial score (nSPS) is 12.7. The summed E-state index contributed by atoms with van der Waals surface area (Å²) in [5.41, 5.74) is 1.68. The molecule has 0 heterocycles. The van der Waals surface area contributed by atoms with Crippen LogP contribution >= 0.6 is 52.8 Å². The van der Waals surface area contributed by atoms with Crippen LogP contribution in [0, 0.1) is 13.1 Å². The summed E-state index contributed by atoms with van der Waals surface area (Å²) in [5.74, 6) is -1.59. The number of carbonyl (C=O) groups is 4. The number of alkyl carbamates (subject to hydrolysis) is 1. The molecule has 0 saturated heterocycles. The average Bonchev–Trinajstić information content (AvgIpc) is 2.95. The Morgan fingerprint density at radius 2 is 1.63 bits per heavy atom. The summed E-state index contributed by atoms with van der Waals surface area (Å²) >= 11 is 4.09. The van der Waals surface area contributed by atoms with E-state index in [1.165, 1.54) is 21.1 Å². The monoisotopic (exact) mass is 843 g/mol. The molecule has 2 aromatic carbocycles. The topological polar surface area (TPSA) is 158 Å². The van der Waals surface area contributed by atoms with Crippen LogP contribution in [0.4, 0.5) is 10.5 Å². The van der Waals surface area contributed by atoms with Gasteiger partial charge in [-0.3, -0.25) is 18.9 Å². The van der Waals surface area contributed by atoms with Crippen molar-refractivity contribution in [2.75, 3.05) is 32.2 Å². The molecule has 3 N–H and O–H groups in total. The standard InChI is InChI=1S/C28H36I2N3O9P/c1-17(2)11-24(33-28(37)41-15-19-9-7-6-8-10-19)27(36)31-14-26(35)32-23-12-20(21(29)13-22(23)30)25(42-18(3)34)16-43(38,39-4)40-5/h6-10,12-13,17,24-25H,11,14-16H2,1-5H3,(H,31,36)(H,32,35)(H,33,37). The molecule has 0 spiro atoms. The van der Waals surface area contributed by atoms with Gasteiger partial charge in [-0.2, -0.15) is 0 Å². The fourth-order valence-corrected chi connectivity index (χ4v) is 6.97. The van der Waals surface area contributed by atoms with Crippen molar-refractivity contribution in [2.24, 2.45) is 5.92 Å². The highest BCUT2D eigenvalue weighted by Crippen LogP contribution is 2.50. The lowest BCUT2D eigenvalue weighted by Gasteiger charge is -2.23. The molecular formula is C28H36I2N3O9P. The van der Waals surface area contributed by atoms with Gasteiger partial charge in [-0.05, 0) is 75.2 Å². The van der Waals surface area contributed by atoms with Crippen LogP contribution < -0.4 is 16.0 Å². The molecule has 0 fully saturated rings. The van der Waals surface area contributed by atoms with Crippen LogP contribution in [0.3, 0.4) is 0 Å². The van der Waals surface area contributed by atoms with E-state index >= 15 is 0 Å². The van der Waals surface area contributed by atoms with Crippen molar-refractivity contribution < 1.29 is 42.3 Å². The van der Waals surface area contributed by atoms with Crippen LogP contribution in [-0.4, -0.2) is 56.8 Å². The number of halogens is 2. The smallest absolute Gasteiger partial charge is 0.408 e. The predicted octanol–water partition coefficient (Wildman–Crippen LogP) is 5.38. The van der Waals surface area contributed by atoms with Gasteiger partial charge in [-0.15, -0.1) is 0 Å². The second-order valence-corrected chi connectivity index (χ2v) is 14.4. The van der Waals surface area contributed by atoms with Crippen molar-refractivity contribution in [3.05, 3.63) is 60.7 Å². The minimum Gasteiger partial charge on any atom is -0.457 e. The van der Waals surface area contributed by atoms with E-state index < -0.39 is 43.6 Å². The summed E-state index contributed by atoms with van der Waals surface area (Å²) < 4.78 is 34.9. The summed E-state index contributed by atoms with van der Waals surface area (Å²) in [6.07, 6.45) is -1.63. The number of anilines is 1. The van der Waals surface area contributed by atoms with Gasteiger partial charge in [-0.25, -0.2) is 4.79 Å². The van der Waals surface area contributed by atoms with Gasteiger partial charge in [0, 0.05) is 33.8 Å². The van der Waals surface area contributed by atoms with Gasteiger partial charge in [0.2, 0.25) is 11.8 Å². The third-order valence-corrected chi connectivity index (χ3v) is 9.63. The van der Waals surface area contributed by atoms with Crippen molar-refractivity contribution in [3.8, 4) is 0 Å². The van der Waals surface area contributed by atoms with Crippen LogP contribution in [0.1, 0.15) is 44.4 Å². The van der Waals surface area contributed by atoms with Crippen molar-refractivity contribution in [1.82, 2.24) is 10.6 Å². The molecule has 0 aliphatic carbocycles. The largest absolute Gasteiger partial charge is 0.457 e. The highest BCUT2D eigenvalue weighted by atomic mass is 127. The number of benzene rings is 2. The zero-order chi connectivity index (χ0) is 32.2. The molecule has 0 saturated carbocycles. The maximum absolute atomic E-state index is 12.9. The summed E-state index contributed by atoms with van der Waals surface area (Å²) in [7, 11) is -1.08. The third kappa shape index (κ3) is 12.7. The first kappa shape index (κ1) is 36.9. The van der Waals surface area contributed by atoms with E-state index in [1.54, 1.807) is 12.1 Å². The molecular weight excluding hydrogens is 807 g/mol. The molecule has 0 bridgehead atoms. The number of hydrogen-bond acceptors (Lipinski definition) is 9. The first-order valence-corrected chi connectivity index (χ1v) is 17.1. The first-order valence-electron chi connectivity index (χ1n) is 13.2. The molecule has 2 aromatic rings. The lowest BCUT2D eigenvalue weighted by molar-refractivity contribution is -0.145. The lowest BCUT2D eigenvalue weighted by Crippen LogP contribution is -2.49.